The fraction of sp³-hybridized carbons (Fsp3) is 0.364. The summed E-state index contributed by atoms with van der Waals surface area (Å²) in [5, 5.41) is 13.1. The van der Waals surface area contributed by atoms with E-state index in [0.29, 0.717) is 11.3 Å². The van der Waals surface area contributed by atoms with Gasteiger partial charge in [-0.25, -0.2) is 9.80 Å². The van der Waals surface area contributed by atoms with E-state index < -0.39 is 30.3 Å². The molecule has 2 aromatic rings. The number of carbonyl (C=O) groups excluding carboxylic acids is 2. The molecule has 8 nitrogen and oxygen atoms in total. The molecule has 0 unspecified atom stereocenters. The number of nitrogens with zero attached hydrogens (tertiary/aromatic N) is 2. The number of hydrazine groups is 1. The minimum atomic E-state index is -1.30. The molecule has 0 aliphatic carbocycles. The largest absolute Gasteiger partial charge is 0.497 e. The summed E-state index contributed by atoms with van der Waals surface area (Å²) in [4.78, 5) is 25.9. The summed E-state index contributed by atoms with van der Waals surface area (Å²) in [6.45, 7) is 1.85. The van der Waals surface area contributed by atoms with Crippen LogP contribution in [0.4, 0.5) is 4.79 Å². The molecule has 0 aromatic heterocycles. The molecular weight excluding hydrogens is 388 g/mol. The summed E-state index contributed by atoms with van der Waals surface area (Å²) in [5.74, 6) is -0.0990. The summed E-state index contributed by atoms with van der Waals surface area (Å²) in [7, 11) is 4.47. The molecule has 1 fully saturated rings. The Morgan fingerprint density at radius 1 is 1.10 bits per heavy atom. The van der Waals surface area contributed by atoms with Crippen LogP contribution in [0.1, 0.15) is 30.3 Å². The number of rotatable bonds is 6. The van der Waals surface area contributed by atoms with E-state index in [0.717, 1.165) is 10.6 Å². The Morgan fingerprint density at radius 2 is 1.73 bits per heavy atom. The maximum Gasteiger partial charge on any atom is 0.432 e. The van der Waals surface area contributed by atoms with Crippen molar-refractivity contribution in [1.29, 1.82) is 0 Å². The number of cyclic esters (lactones) is 1. The predicted octanol–water partition coefficient (Wildman–Crippen LogP) is 2.70. The minimum absolute atomic E-state index is 0.315. The van der Waals surface area contributed by atoms with Gasteiger partial charge in [0.25, 0.3) is 5.91 Å². The summed E-state index contributed by atoms with van der Waals surface area (Å²) in [6.07, 6.45) is -3.93. The second-order valence-corrected chi connectivity index (χ2v) is 7.05. The molecule has 0 bridgehead atoms. The predicted molar refractivity (Wildman–Crippen MR) is 108 cm³/mol. The summed E-state index contributed by atoms with van der Waals surface area (Å²) in [6, 6.07) is 15.6. The number of methoxy groups -OCH3 is 2. The van der Waals surface area contributed by atoms with E-state index >= 15 is 0 Å². The summed E-state index contributed by atoms with van der Waals surface area (Å²) >= 11 is 0. The molecule has 2 aromatic carbocycles. The molecule has 0 radical (unpaired) electrons. The Balaban J connectivity index is 1.80. The second kappa shape index (κ2) is 9.25. The van der Waals surface area contributed by atoms with Gasteiger partial charge < -0.3 is 19.3 Å². The number of hydrogen-bond donors (Lipinski definition) is 1. The van der Waals surface area contributed by atoms with Crippen LogP contribution in [0.25, 0.3) is 0 Å². The number of hydrogen-bond acceptors (Lipinski definition) is 7. The van der Waals surface area contributed by atoms with Gasteiger partial charge in [0.2, 0.25) is 0 Å². The monoisotopic (exact) mass is 414 g/mol. The Morgan fingerprint density at radius 3 is 2.30 bits per heavy atom. The number of aliphatic hydroxyl groups excluding tert-OH is 1. The van der Waals surface area contributed by atoms with Crippen molar-refractivity contribution in [2.45, 2.75) is 31.3 Å². The Bertz CT molecular complexity index is 873. The molecule has 2 amide bonds. The van der Waals surface area contributed by atoms with Gasteiger partial charge in [-0.15, -0.1) is 0 Å². The van der Waals surface area contributed by atoms with E-state index in [1.807, 2.05) is 37.3 Å². The molecule has 3 rings (SSSR count). The molecule has 30 heavy (non-hydrogen) atoms. The van der Waals surface area contributed by atoms with E-state index in [-0.39, 0.29) is 6.04 Å². The molecule has 0 spiro atoms. The Labute approximate surface area is 175 Å². The normalized spacial score (nSPS) is 21.6. The first-order valence-corrected chi connectivity index (χ1v) is 9.56. The highest BCUT2D eigenvalue weighted by atomic mass is 16.6. The first-order valence-electron chi connectivity index (χ1n) is 9.56. The van der Waals surface area contributed by atoms with Crippen LogP contribution in [0.15, 0.2) is 54.6 Å². The maximum atomic E-state index is 13.2. The van der Waals surface area contributed by atoms with E-state index in [1.54, 1.807) is 31.3 Å². The van der Waals surface area contributed by atoms with Gasteiger partial charge in [-0.05, 0) is 30.2 Å². The molecule has 4 atom stereocenters. The number of likely N-dealkylation sites (N-methyl/N-ethyl adjacent to an activating group) is 1. The standard InChI is InChI=1S/C22H26N2O6/c1-14-19(16-8-6-5-7-9-16)30-22(27)24(23(14)2)21(26)20(29-4)18(25)15-10-12-17(28-3)13-11-15/h5-14,18-20,25H,1-4H3/t14-,18+,19-,20-/m0/s1. The SMILES string of the molecule is COc1ccc([C@@H](O)[C@H](OC)C(=O)N2C(=O)O[C@H](c3ccccc3)[C@H](C)N2C)cc1. The zero-order chi connectivity index (χ0) is 21.8. The van der Waals surface area contributed by atoms with Crippen molar-refractivity contribution in [2.75, 3.05) is 21.3 Å². The fourth-order valence-corrected chi connectivity index (χ4v) is 3.46. The van der Waals surface area contributed by atoms with E-state index in [2.05, 4.69) is 0 Å². The highest BCUT2D eigenvalue weighted by Gasteiger charge is 2.45. The highest BCUT2D eigenvalue weighted by molar-refractivity contribution is 5.94. The van der Waals surface area contributed by atoms with Crippen LogP contribution in [-0.2, 0) is 14.3 Å². The van der Waals surface area contributed by atoms with Gasteiger partial charge in [-0.3, -0.25) is 4.79 Å². The van der Waals surface area contributed by atoms with Crippen LogP contribution < -0.4 is 4.74 Å². The van der Waals surface area contributed by atoms with Crippen LogP contribution >= 0.6 is 0 Å². The maximum absolute atomic E-state index is 13.2. The molecule has 1 N–H and O–H groups in total. The molecule has 8 heteroatoms. The number of amides is 2. The summed E-state index contributed by atoms with van der Waals surface area (Å²) < 4.78 is 16.0. The third-order valence-electron chi connectivity index (χ3n) is 5.32. The molecule has 1 saturated heterocycles. The zero-order valence-electron chi connectivity index (χ0n) is 17.4. The van der Waals surface area contributed by atoms with Gasteiger partial charge in [-0.2, -0.15) is 5.01 Å². The van der Waals surface area contributed by atoms with E-state index in [1.165, 1.54) is 19.2 Å². The number of benzene rings is 2. The van der Waals surface area contributed by atoms with Gasteiger partial charge in [-0.1, -0.05) is 42.5 Å². The zero-order valence-corrected chi connectivity index (χ0v) is 17.4. The van der Waals surface area contributed by atoms with Gasteiger partial charge in [0, 0.05) is 14.2 Å². The van der Waals surface area contributed by atoms with Crippen LogP contribution in [0.2, 0.25) is 0 Å². The van der Waals surface area contributed by atoms with Crippen molar-refractivity contribution in [1.82, 2.24) is 10.0 Å². The first kappa shape index (κ1) is 21.8. The Kier molecular flexibility index (Phi) is 6.71. The van der Waals surface area contributed by atoms with Crippen molar-refractivity contribution in [3.63, 3.8) is 0 Å². The number of ether oxygens (including phenoxy) is 3. The topological polar surface area (TPSA) is 88.5 Å². The van der Waals surface area contributed by atoms with Crippen molar-refractivity contribution in [3.8, 4) is 5.75 Å². The quantitative estimate of drug-likeness (QED) is 0.777. The van der Waals surface area contributed by atoms with Gasteiger partial charge in [0.05, 0.1) is 13.2 Å². The minimum Gasteiger partial charge on any atom is -0.497 e. The average molecular weight is 414 g/mol. The van der Waals surface area contributed by atoms with Crippen molar-refractivity contribution in [3.05, 3.63) is 65.7 Å². The van der Waals surface area contributed by atoms with Gasteiger partial charge in [0.1, 0.15) is 18.0 Å². The third kappa shape index (κ3) is 4.16. The van der Waals surface area contributed by atoms with Crippen molar-refractivity contribution >= 4 is 12.0 Å². The lowest BCUT2D eigenvalue weighted by molar-refractivity contribution is -0.178. The lowest BCUT2D eigenvalue weighted by Crippen LogP contribution is -2.61. The van der Waals surface area contributed by atoms with Crippen LogP contribution in [0.5, 0.6) is 5.75 Å². The van der Waals surface area contributed by atoms with Crippen molar-refractivity contribution in [2.24, 2.45) is 0 Å². The summed E-state index contributed by atoms with van der Waals surface area (Å²) in [5.41, 5.74) is 1.29. The van der Waals surface area contributed by atoms with Gasteiger partial charge in [0.15, 0.2) is 6.10 Å². The van der Waals surface area contributed by atoms with E-state index in [4.69, 9.17) is 14.2 Å². The van der Waals surface area contributed by atoms with E-state index in [9.17, 15) is 14.7 Å². The molecular formula is C22H26N2O6. The lowest BCUT2D eigenvalue weighted by atomic mass is 10.0. The van der Waals surface area contributed by atoms with Crippen LogP contribution in [0.3, 0.4) is 0 Å². The number of aliphatic hydroxyl groups is 1. The van der Waals surface area contributed by atoms with Crippen LogP contribution in [-0.4, -0.2) is 60.5 Å². The fourth-order valence-electron chi connectivity index (χ4n) is 3.46. The second-order valence-electron chi connectivity index (χ2n) is 7.05. The average Bonchev–Trinajstić information content (AvgIpc) is 2.77. The highest BCUT2D eigenvalue weighted by Crippen LogP contribution is 2.32. The smallest absolute Gasteiger partial charge is 0.432 e. The first-order chi connectivity index (χ1) is 14.4. The van der Waals surface area contributed by atoms with Crippen molar-refractivity contribution < 1.29 is 28.9 Å². The molecule has 1 aliphatic rings. The van der Waals surface area contributed by atoms with Crippen LogP contribution in [0, 0.1) is 0 Å². The van der Waals surface area contributed by atoms with Gasteiger partial charge >= 0.3 is 6.09 Å². The number of carbonyl (C=O) groups is 2. The Hall–Kier alpha value is -2.94. The lowest BCUT2D eigenvalue weighted by Gasteiger charge is -2.43. The third-order valence-corrected chi connectivity index (χ3v) is 5.32. The molecule has 1 aliphatic heterocycles. The molecule has 1 heterocycles. The number of imide groups is 1. The molecule has 160 valence electrons. The molecule has 0 saturated carbocycles.